The normalized spacial score (nSPS) is 15.8. The quantitative estimate of drug-likeness (QED) is 0.585. The van der Waals surface area contributed by atoms with Crippen LogP contribution in [0.4, 0.5) is 52.7 Å². The number of hydrogen-bond acceptors (Lipinski definition) is 3. The molecular weight excluding hydrogens is 384 g/mol. The fourth-order valence-corrected chi connectivity index (χ4v) is 1.19. The summed E-state index contributed by atoms with van der Waals surface area (Å²) in [6.07, 6.45) is -18.3. The van der Waals surface area contributed by atoms with Crippen molar-refractivity contribution in [2.75, 3.05) is 20.8 Å². The van der Waals surface area contributed by atoms with E-state index in [1.165, 1.54) is 0 Å². The van der Waals surface area contributed by atoms with Gasteiger partial charge in [0, 0.05) is 14.2 Å². The van der Waals surface area contributed by atoms with E-state index in [1.54, 1.807) is 0 Å². The van der Waals surface area contributed by atoms with Crippen LogP contribution in [-0.2, 0) is 14.2 Å². The molecule has 0 rings (SSSR count). The first kappa shape index (κ1) is 23.0. The Balaban J connectivity index is 6.33. The third kappa shape index (κ3) is 3.66. The Kier molecular flexibility index (Phi) is 6.15. The Hall–Kier alpha value is -0.960. The zero-order valence-electron chi connectivity index (χ0n) is 11.5. The minimum Gasteiger partial charge on any atom is -0.326 e. The Morgan fingerprint density at radius 2 is 0.875 bits per heavy atom. The molecule has 0 fully saturated rings. The molecular formula is C9H8F12O3. The van der Waals surface area contributed by atoms with Gasteiger partial charge in [-0.1, -0.05) is 0 Å². The van der Waals surface area contributed by atoms with Crippen molar-refractivity contribution in [3.05, 3.63) is 0 Å². The Morgan fingerprint density at radius 3 is 1.08 bits per heavy atom. The first-order valence-corrected chi connectivity index (χ1v) is 5.34. The molecule has 0 aromatic rings. The van der Waals surface area contributed by atoms with E-state index in [9.17, 15) is 52.7 Å². The molecule has 146 valence electrons. The second-order valence-electron chi connectivity index (χ2n) is 4.09. The van der Waals surface area contributed by atoms with E-state index in [-0.39, 0.29) is 14.2 Å². The minimum absolute atomic E-state index is 0.273. The summed E-state index contributed by atoms with van der Waals surface area (Å²) in [5.74, 6) is -20.9. The van der Waals surface area contributed by atoms with Crippen molar-refractivity contribution >= 4 is 0 Å². The fourth-order valence-electron chi connectivity index (χ4n) is 1.19. The monoisotopic (exact) mass is 392 g/mol. The topological polar surface area (TPSA) is 27.7 Å². The van der Waals surface area contributed by atoms with Crippen molar-refractivity contribution in [2.24, 2.45) is 0 Å². The van der Waals surface area contributed by atoms with E-state index in [0.717, 1.165) is 0 Å². The van der Waals surface area contributed by atoms with Crippen molar-refractivity contribution in [1.29, 1.82) is 0 Å². The first-order chi connectivity index (χ1) is 10.3. The molecule has 0 aliphatic rings. The van der Waals surface area contributed by atoms with Crippen LogP contribution in [0.1, 0.15) is 0 Å². The maximum Gasteiger partial charge on any atom is 0.425 e. The minimum atomic E-state index is -6.99. The molecule has 3 nitrogen and oxygen atoms in total. The highest BCUT2D eigenvalue weighted by Gasteiger charge is 2.87. The molecule has 0 aliphatic carbocycles. The van der Waals surface area contributed by atoms with E-state index >= 15 is 0 Å². The highest BCUT2D eigenvalue weighted by atomic mass is 19.4. The van der Waals surface area contributed by atoms with Crippen LogP contribution >= 0.6 is 0 Å². The van der Waals surface area contributed by atoms with Gasteiger partial charge in [0.25, 0.3) is 0 Å². The lowest BCUT2D eigenvalue weighted by atomic mass is 10.0. The number of ether oxygens (including phenoxy) is 3. The van der Waals surface area contributed by atoms with E-state index in [1.807, 2.05) is 0 Å². The van der Waals surface area contributed by atoms with E-state index in [4.69, 9.17) is 0 Å². The van der Waals surface area contributed by atoms with Crippen LogP contribution in [0.15, 0.2) is 0 Å². The van der Waals surface area contributed by atoms with Gasteiger partial charge in [0.15, 0.2) is 0 Å². The number of methoxy groups -OCH3 is 2. The highest BCUT2D eigenvalue weighted by molar-refractivity contribution is 5.05. The molecule has 0 unspecified atom stereocenters. The summed E-state index contributed by atoms with van der Waals surface area (Å²) in [4.78, 5) is 0. The molecule has 0 aromatic heterocycles. The van der Waals surface area contributed by atoms with Crippen molar-refractivity contribution in [3.63, 3.8) is 0 Å². The van der Waals surface area contributed by atoms with Crippen LogP contribution in [-0.4, -0.2) is 56.9 Å². The molecule has 0 saturated heterocycles. The smallest absolute Gasteiger partial charge is 0.326 e. The molecule has 0 heterocycles. The largest absolute Gasteiger partial charge is 0.425 e. The maximum absolute atomic E-state index is 13.9. The molecule has 0 N–H and O–H groups in total. The van der Waals surface area contributed by atoms with Gasteiger partial charge < -0.3 is 14.2 Å². The zero-order valence-corrected chi connectivity index (χ0v) is 11.5. The lowest BCUT2D eigenvalue weighted by molar-refractivity contribution is -0.493. The van der Waals surface area contributed by atoms with Gasteiger partial charge in [-0.25, -0.2) is 0 Å². The van der Waals surface area contributed by atoms with Gasteiger partial charge in [0.1, 0.15) is 6.61 Å². The SMILES string of the molecule is COC(F)(F)C(F)(F)C(F)(OCC(F)(F)F)C(F)(F)C(F)(F)OC. The Labute approximate surface area is 125 Å². The molecule has 0 radical (unpaired) electrons. The summed E-state index contributed by atoms with van der Waals surface area (Å²) >= 11 is 0. The average Bonchev–Trinajstić information content (AvgIpc) is 2.42. The second kappa shape index (κ2) is 6.40. The molecule has 0 amide bonds. The predicted octanol–water partition coefficient (Wildman–Crippen LogP) is 3.98. The van der Waals surface area contributed by atoms with Gasteiger partial charge in [0.05, 0.1) is 0 Å². The van der Waals surface area contributed by atoms with Crippen molar-refractivity contribution in [3.8, 4) is 0 Å². The summed E-state index contributed by atoms with van der Waals surface area (Å²) in [6, 6.07) is 0. The van der Waals surface area contributed by atoms with Crippen LogP contribution in [0.5, 0.6) is 0 Å². The molecule has 0 aromatic carbocycles. The first-order valence-electron chi connectivity index (χ1n) is 5.34. The summed E-state index contributed by atoms with van der Waals surface area (Å²) in [7, 11) is -0.546. The lowest BCUT2D eigenvalue weighted by Gasteiger charge is -2.42. The van der Waals surface area contributed by atoms with E-state index in [2.05, 4.69) is 14.2 Å². The molecule has 15 heteroatoms. The van der Waals surface area contributed by atoms with Gasteiger partial charge in [0.2, 0.25) is 0 Å². The summed E-state index contributed by atoms with van der Waals surface area (Å²) in [5.41, 5.74) is 0. The van der Waals surface area contributed by atoms with Crippen LogP contribution in [0.3, 0.4) is 0 Å². The van der Waals surface area contributed by atoms with Crippen LogP contribution in [0.25, 0.3) is 0 Å². The molecule has 0 saturated carbocycles. The standard InChI is InChI=1S/C9H8F12O3/c1-22-8(18,19)5(13,14)7(17,24-3-4(10,11)12)6(15,16)9(20,21)23-2/h3H2,1-2H3. The van der Waals surface area contributed by atoms with Crippen LogP contribution in [0.2, 0.25) is 0 Å². The van der Waals surface area contributed by atoms with Gasteiger partial charge >= 0.3 is 36.1 Å². The second-order valence-corrected chi connectivity index (χ2v) is 4.09. The summed E-state index contributed by atoms with van der Waals surface area (Å²) in [5, 5.41) is 0. The highest BCUT2D eigenvalue weighted by Crippen LogP contribution is 2.57. The van der Waals surface area contributed by atoms with Crippen LogP contribution in [0, 0.1) is 0 Å². The third-order valence-corrected chi connectivity index (χ3v) is 2.49. The summed E-state index contributed by atoms with van der Waals surface area (Å²) < 4.78 is 163. The molecule has 0 bridgehead atoms. The van der Waals surface area contributed by atoms with Gasteiger partial charge in [-0.05, 0) is 0 Å². The Morgan fingerprint density at radius 1 is 0.583 bits per heavy atom. The third-order valence-electron chi connectivity index (χ3n) is 2.49. The molecule has 0 spiro atoms. The van der Waals surface area contributed by atoms with E-state index < -0.39 is 42.7 Å². The van der Waals surface area contributed by atoms with Gasteiger partial charge in [-0.3, -0.25) is 0 Å². The predicted molar refractivity (Wildman–Crippen MR) is 49.7 cm³/mol. The van der Waals surface area contributed by atoms with Crippen molar-refractivity contribution in [1.82, 2.24) is 0 Å². The zero-order chi connectivity index (χ0) is 19.8. The fraction of sp³-hybridized carbons (Fsp3) is 1.00. The van der Waals surface area contributed by atoms with Gasteiger partial charge in [-0.15, -0.1) is 0 Å². The van der Waals surface area contributed by atoms with Gasteiger partial charge in [-0.2, -0.15) is 52.7 Å². The van der Waals surface area contributed by atoms with Crippen molar-refractivity contribution in [2.45, 2.75) is 36.1 Å². The number of rotatable bonds is 8. The summed E-state index contributed by atoms with van der Waals surface area (Å²) in [6.45, 7) is -3.33. The number of alkyl halides is 12. The van der Waals surface area contributed by atoms with E-state index in [0.29, 0.717) is 0 Å². The van der Waals surface area contributed by atoms with Crippen molar-refractivity contribution < 1.29 is 66.9 Å². The molecule has 0 aliphatic heterocycles. The Bertz CT molecular complexity index is 404. The molecule has 24 heavy (non-hydrogen) atoms. The number of halogens is 12. The number of hydrogen-bond donors (Lipinski definition) is 0. The lowest BCUT2D eigenvalue weighted by Crippen LogP contribution is -2.71. The maximum atomic E-state index is 13.9. The average molecular weight is 392 g/mol. The van der Waals surface area contributed by atoms with Crippen LogP contribution < -0.4 is 0 Å². The molecule has 0 atom stereocenters.